The highest BCUT2D eigenvalue weighted by Crippen LogP contribution is 2.31. The minimum Gasteiger partial charge on any atom is -0.308 e. The molecule has 0 radical (unpaired) electrons. The second-order valence-corrected chi connectivity index (χ2v) is 9.17. The molecule has 4 rings (SSSR count). The molecule has 7 nitrogen and oxygen atoms in total. The molecule has 2 amide bonds. The Kier molecular flexibility index (Phi) is 5.92. The van der Waals surface area contributed by atoms with Gasteiger partial charge in [0.05, 0.1) is 6.20 Å². The van der Waals surface area contributed by atoms with Crippen molar-refractivity contribution in [1.29, 1.82) is 0 Å². The van der Waals surface area contributed by atoms with E-state index >= 15 is 0 Å². The van der Waals surface area contributed by atoms with E-state index in [-0.39, 0.29) is 6.03 Å². The van der Waals surface area contributed by atoms with Gasteiger partial charge in [0, 0.05) is 40.7 Å². The summed E-state index contributed by atoms with van der Waals surface area (Å²) in [7, 11) is 0.433. The molecule has 2 aromatic heterocycles. The number of benzene rings is 2. The molecule has 0 spiro atoms. The van der Waals surface area contributed by atoms with Gasteiger partial charge in [0.2, 0.25) is 0 Å². The van der Waals surface area contributed by atoms with Crippen LogP contribution in [0, 0.1) is 0 Å². The molecule has 1 atom stereocenters. The van der Waals surface area contributed by atoms with Gasteiger partial charge in [-0.3, -0.25) is 9.40 Å². The third kappa shape index (κ3) is 4.58. The lowest BCUT2D eigenvalue weighted by atomic mass is 10.3. The van der Waals surface area contributed by atoms with Crippen LogP contribution in [0.1, 0.15) is 0 Å². The molecular weight excluding hydrogens is 418 g/mol. The van der Waals surface area contributed by atoms with Gasteiger partial charge >= 0.3 is 6.03 Å². The molecule has 1 unspecified atom stereocenters. The summed E-state index contributed by atoms with van der Waals surface area (Å²) in [5.41, 5.74) is 3.10. The van der Waals surface area contributed by atoms with Crippen molar-refractivity contribution in [3.63, 3.8) is 0 Å². The maximum absolute atomic E-state index is 12.9. The highest BCUT2D eigenvalue weighted by molar-refractivity contribution is 7.88. The number of amides is 2. The number of anilines is 3. The van der Waals surface area contributed by atoms with Crippen molar-refractivity contribution >= 4 is 45.4 Å². The smallest absolute Gasteiger partial charge is 0.308 e. The number of thiophene rings is 1. The summed E-state index contributed by atoms with van der Waals surface area (Å²) in [6, 6.07) is 19.9. The minimum atomic E-state index is -1.34. The SMILES string of the molecule is CN(c1ccc(NC(=O)Nc2ccccc2)cc1)S(=O)c1ccc(-c2cn[nH]c2)s1. The van der Waals surface area contributed by atoms with Gasteiger partial charge < -0.3 is 10.6 Å². The predicted molar refractivity (Wildman–Crippen MR) is 122 cm³/mol. The van der Waals surface area contributed by atoms with Gasteiger partial charge in [-0.25, -0.2) is 9.00 Å². The molecule has 0 fully saturated rings. The minimum absolute atomic E-state index is 0.323. The zero-order valence-corrected chi connectivity index (χ0v) is 17.7. The molecule has 0 bridgehead atoms. The van der Waals surface area contributed by atoms with Crippen molar-refractivity contribution in [2.24, 2.45) is 0 Å². The summed E-state index contributed by atoms with van der Waals surface area (Å²) >= 11 is 1.47. The lowest BCUT2D eigenvalue weighted by molar-refractivity contribution is 0.262. The maximum atomic E-state index is 12.9. The third-order valence-corrected chi connectivity index (χ3v) is 7.10. The summed E-state index contributed by atoms with van der Waals surface area (Å²) in [6.45, 7) is 0. The Bertz CT molecular complexity index is 1140. The van der Waals surface area contributed by atoms with Gasteiger partial charge in [-0.2, -0.15) is 5.10 Å². The highest BCUT2D eigenvalue weighted by atomic mass is 32.2. The van der Waals surface area contributed by atoms with Crippen LogP contribution in [0.4, 0.5) is 21.9 Å². The van der Waals surface area contributed by atoms with Crippen LogP contribution in [-0.2, 0) is 11.0 Å². The third-order valence-electron chi connectivity index (χ3n) is 4.31. The molecular formula is C21H19N5O2S2. The number of urea groups is 1. The summed E-state index contributed by atoms with van der Waals surface area (Å²) in [5, 5.41) is 12.3. The van der Waals surface area contributed by atoms with E-state index in [0.717, 1.165) is 20.3 Å². The molecule has 2 heterocycles. The molecule has 4 aromatic rings. The molecule has 0 aliphatic rings. The summed E-state index contributed by atoms with van der Waals surface area (Å²) in [5.74, 6) is 0. The monoisotopic (exact) mass is 437 g/mol. The van der Waals surface area contributed by atoms with E-state index in [1.807, 2.05) is 60.8 Å². The second-order valence-electron chi connectivity index (χ2n) is 6.34. The van der Waals surface area contributed by atoms with E-state index in [1.54, 1.807) is 29.7 Å². The van der Waals surface area contributed by atoms with Gasteiger partial charge in [0.25, 0.3) is 0 Å². The molecule has 0 aliphatic heterocycles. The van der Waals surface area contributed by atoms with Crippen LogP contribution in [0.5, 0.6) is 0 Å². The fourth-order valence-electron chi connectivity index (χ4n) is 2.76. The van der Waals surface area contributed by atoms with Crippen LogP contribution in [-0.4, -0.2) is 27.5 Å². The number of carbonyl (C=O) groups is 1. The van der Waals surface area contributed by atoms with Crippen molar-refractivity contribution in [3.8, 4) is 10.4 Å². The predicted octanol–water partition coefficient (Wildman–Crippen LogP) is 4.94. The zero-order chi connectivity index (χ0) is 20.9. The normalized spacial score (nSPS) is 11.6. The molecule has 152 valence electrons. The number of rotatable bonds is 6. The highest BCUT2D eigenvalue weighted by Gasteiger charge is 2.15. The number of nitrogens with zero attached hydrogens (tertiary/aromatic N) is 2. The van der Waals surface area contributed by atoms with Crippen LogP contribution < -0.4 is 14.9 Å². The average molecular weight is 438 g/mol. The van der Waals surface area contributed by atoms with Crippen molar-refractivity contribution in [2.75, 3.05) is 22.0 Å². The lowest BCUT2D eigenvalue weighted by Crippen LogP contribution is -2.20. The fourth-order valence-corrected chi connectivity index (χ4v) is 5.13. The summed E-state index contributed by atoms with van der Waals surface area (Å²) < 4.78 is 15.4. The molecule has 9 heteroatoms. The quantitative estimate of drug-likeness (QED) is 0.399. The summed E-state index contributed by atoms with van der Waals surface area (Å²) in [4.78, 5) is 13.1. The van der Waals surface area contributed by atoms with E-state index in [0.29, 0.717) is 11.4 Å². The van der Waals surface area contributed by atoms with E-state index in [4.69, 9.17) is 0 Å². The standard InChI is InChI=1S/C21H19N5O2S2/c1-26(30(28)20-12-11-19(29-20)15-13-22-23-14-15)18-9-7-17(8-10-18)25-21(27)24-16-5-3-2-4-6-16/h2-14H,1H3,(H,22,23)(H2,24,25,27). The van der Waals surface area contributed by atoms with Gasteiger partial charge in [-0.15, -0.1) is 11.3 Å². The lowest BCUT2D eigenvalue weighted by Gasteiger charge is -2.17. The van der Waals surface area contributed by atoms with E-state index in [2.05, 4.69) is 20.8 Å². The maximum Gasteiger partial charge on any atom is 0.323 e. The van der Waals surface area contributed by atoms with Crippen LogP contribution in [0.2, 0.25) is 0 Å². The number of hydrogen-bond acceptors (Lipinski definition) is 4. The Morgan fingerprint density at radius 3 is 2.37 bits per heavy atom. The number of aromatic nitrogens is 2. The Balaban J connectivity index is 1.39. The number of carbonyl (C=O) groups excluding carboxylic acids is 1. The van der Waals surface area contributed by atoms with E-state index < -0.39 is 11.0 Å². The van der Waals surface area contributed by atoms with E-state index in [1.165, 1.54) is 11.3 Å². The van der Waals surface area contributed by atoms with Crippen molar-refractivity contribution in [2.45, 2.75) is 4.21 Å². The fraction of sp³-hybridized carbons (Fsp3) is 0.0476. The largest absolute Gasteiger partial charge is 0.323 e. The molecule has 30 heavy (non-hydrogen) atoms. The van der Waals surface area contributed by atoms with Crippen molar-refractivity contribution < 1.29 is 9.00 Å². The van der Waals surface area contributed by atoms with Crippen molar-refractivity contribution in [3.05, 3.63) is 79.1 Å². The Morgan fingerprint density at radius 1 is 1.00 bits per heavy atom. The number of aromatic amines is 1. The van der Waals surface area contributed by atoms with Crippen LogP contribution in [0.3, 0.4) is 0 Å². The molecule has 0 saturated carbocycles. The van der Waals surface area contributed by atoms with Gasteiger partial charge in [-0.1, -0.05) is 18.2 Å². The number of H-pyrrole nitrogens is 1. The number of para-hydroxylation sites is 1. The second kappa shape index (κ2) is 8.93. The first-order valence-electron chi connectivity index (χ1n) is 9.08. The summed E-state index contributed by atoms with van der Waals surface area (Å²) in [6.07, 6.45) is 3.55. The van der Waals surface area contributed by atoms with Crippen LogP contribution in [0.25, 0.3) is 10.4 Å². The van der Waals surface area contributed by atoms with E-state index in [9.17, 15) is 9.00 Å². The Labute approximate surface area is 180 Å². The number of hydrogen-bond donors (Lipinski definition) is 3. The first-order valence-corrected chi connectivity index (χ1v) is 11.0. The topological polar surface area (TPSA) is 90.1 Å². The molecule has 3 N–H and O–H groups in total. The van der Waals surface area contributed by atoms with Crippen LogP contribution in [0.15, 0.2) is 83.3 Å². The average Bonchev–Trinajstić information content (AvgIpc) is 3.46. The molecule has 0 aliphatic carbocycles. The van der Waals surface area contributed by atoms with Gasteiger partial charge in [-0.05, 0) is 48.5 Å². The van der Waals surface area contributed by atoms with Gasteiger partial charge in [0.1, 0.15) is 4.21 Å². The Morgan fingerprint density at radius 2 is 1.70 bits per heavy atom. The zero-order valence-electron chi connectivity index (χ0n) is 16.0. The first kappa shape index (κ1) is 19.9. The Hall–Kier alpha value is -3.43. The van der Waals surface area contributed by atoms with Gasteiger partial charge in [0.15, 0.2) is 11.0 Å². The molecule has 0 saturated heterocycles. The number of nitrogens with one attached hydrogen (secondary N) is 3. The van der Waals surface area contributed by atoms with Crippen molar-refractivity contribution in [1.82, 2.24) is 10.2 Å². The first-order chi connectivity index (χ1) is 14.6. The van der Waals surface area contributed by atoms with Crippen LogP contribution >= 0.6 is 11.3 Å². The molecule has 2 aromatic carbocycles.